The smallest absolute Gasteiger partial charge is 0.335 e. The van der Waals surface area contributed by atoms with Gasteiger partial charge < -0.3 is 10.4 Å². The van der Waals surface area contributed by atoms with E-state index in [0.717, 1.165) is 6.07 Å². The Morgan fingerprint density at radius 3 is 2.41 bits per heavy atom. The molecule has 0 radical (unpaired) electrons. The molecular weight excluding hydrogens is 232 g/mol. The van der Waals surface area contributed by atoms with Gasteiger partial charge in [-0.25, -0.2) is 13.6 Å². The topological polar surface area (TPSA) is 66.4 Å². The fourth-order valence-corrected chi connectivity index (χ4v) is 1.31. The summed E-state index contributed by atoms with van der Waals surface area (Å²) in [5.41, 5.74) is 0.586. The van der Waals surface area contributed by atoms with Gasteiger partial charge >= 0.3 is 5.97 Å². The molecule has 1 rings (SSSR count). The van der Waals surface area contributed by atoms with Crippen LogP contribution >= 0.6 is 0 Å². The summed E-state index contributed by atoms with van der Waals surface area (Å²) >= 11 is 0. The zero-order chi connectivity index (χ0) is 13.0. The van der Waals surface area contributed by atoms with Crippen LogP contribution in [-0.4, -0.2) is 30.0 Å². The summed E-state index contributed by atoms with van der Waals surface area (Å²) in [6.45, 7) is 0.867. The van der Waals surface area contributed by atoms with Crippen molar-refractivity contribution in [1.29, 1.82) is 0 Å². The monoisotopic (exact) mass is 243 g/mol. The van der Waals surface area contributed by atoms with Crippen LogP contribution in [0.3, 0.4) is 0 Å². The number of hydrogen-bond donors (Lipinski definition) is 2. The average molecular weight is 243 g/mol. The third kappa shape index (κ3) is 3.82. The lowest BCUT2D eigenvalue weighted by molar-refractivity contribution is 0.0696. The molecule has 0 atom stereocenters. The van der Waals surface area contributed by atoms with Crippen molar-refractivity contribution in [1.82, 2.24) is 5.32 Å². The molecule has 6 heteroatoms. The molecule has 1 aromatic carbocycles. The zero-order valence-electron chi connectivity index (χ0n) is 9.04. The number of carbonyl (C=O) groups excluding carboxylic acids is 1. The minimum atomic E-state index is -2.64. The average Bonchev–Trinajstić information content (AvgIpc) is 2.24. The Kier molecular flexibility index (Phi) is 4.14. The predicted molar refractivity (Wildman–Crippen MR) is 56.5 cm³/mol. The lowest BCUT2D eigenvalue weighted by Gasteiger charge is -2.06. The van der Waals surface area contributed by atoms with Crippen molar-refractivity contribution in [2.75, 3.05) is 6.54 Å². The highest BCUT2D eigenvalue weighted by molar-refractivity contribution is 5.97. The number of rotatable bonds is 4. The summed E-state index contributed by atoms with van der Waals surface area (Å²) in [5, 5.41) is 10.8. The van der Waals surface area contributed by atoms with Crippen LogP contribution in [0, 0.1) is 6.92 Å². The largest absolute Gasteiger partial charge is 0.478 e. The molecule has 0 aliphatic heterocycles. The molecule has 0 saturated heterocycles. The van der Waals surface area contributed by atoms with Gasteiger partial charge in [0.15, 0.2) is 0 Å². The number of carboxylic acids is 1. The van der Waals surface area contributed by atoms with Gasteiger partial charge in [-0.05, 0) is 30.7 Å². The van der Waals surface area contributed by atoms with Gasteiger partial charge in [0, 0.05) is 5.56 Å². The van der Waals surface area contributed by atoms with E-state index in [9.17, 15) is 18.4 Å². The van der Waals surface area contributed by atoms with Gasteiger partial charge in [0.2, 0.25) is 0 Å². The highest BCUT2D eigenvalue weighted by Crippen LogP contribution is 2.10. The number of carboxylic acid groups (broad SMARTS) is 1. The van der Waals surface area contributed by atoms with Gasteiger partial charge in [0.05, 0.1) is 12.1 Å². The second-order valence-electron chi connectivity index (χ2n) is 3.49. The molecular formula is C11H11F2NO3. The van der Waals surface area contributed by atoms with Crippen LogP contribution in [0.4, 0.5) is 8.78 Å². The van der Waals surface area contributed by atoms with Crippen LogP contribution in [-0.2, 0) is 0 Å². The van der Waals surface area contributed by atoms with Crippen LogP contribution in [0.15, 0.2) is 18.2 Å². The van der Waals surface area contributed by atoms with E-state index >= 15 is 0 Å². The van der Waals surface area contributed by atoms with Gasteiger partial charge in [-0.2, -0.15) is 0 Å². The number of hydrogen-bond acceptors (Lipinski definition) is 2. The minimum absolute atomic E-state index is 0.0489. The van der Waals surface area contributed by atoms with Crippen molar-refractivity contribution in [3.63, 3.8) is 0 Å². The number of benzene rings is 1. The minimum Gasteiger partial charge on any atom is -0.478 e. The fourth-order valence-electron chi connectivity index (χ4n) is 1.31. The van der Waals surface area contributed by atoms with E-state index in [1.54, 1.807) is 6.92 Å². The summed E-state index contributed by atoms with van der Waals surface area (Å²) in [6.07, 6.45) is -2.64. The first kappa shape index (κ1) is 13.1. The van der Waals surface area contributed by atoms with E-state index in [1.165, 1.54) is 12.1 Å². The van der Waals surface area contributed by atoms with Crippen molar-refractivity contribution >= 4 is 11.9 Å². The van der Waals surface area contributed by atoms with E-state index in [0.29, 0.717) is 5.56 Å². The van der Waals surface area contributed by atoms with Gasteiger partial charge in [0.1, 0.15) is 0 Å². The Morgan fingerprint density at radius 2 is 1.88 bits per heavy atom. The maximum atomic E-state index is 11.9. The Bertz CT molecular complexity index is 446. The molecule has 4 nitrogen and oxygen atoms in total. The molecule has 0 aliphatic carbocycles. The molecule has 0 fully saturated rings. The third-order valence-electron chi connectivity index (χ3n) is 2.00. The summed E-state index contributed by atoms with van der Waals surface area (Å²) in [6, 6.07) is 3.98. The highest BCUT2D eigenvalue weighted by atomic mass is 19.3. The Hall–Kier alpha value is -1.98. The fraction of sp³-hybridized carbons (Fsp3) is 0.273. The van der Waals surface area contributed by atoms with Crippen LogP contribution in [0.5, 0.6) is 0 Å². The quantitative estimate of drug-likeness (QED) is 0.845. The molecule has 0 unspecified atom stereocenters. The van der Waals surface area contributed by atoms with Crippen LogP contribution < -0.4 is 5.32 Å². The normalized spacial score (nSPS) is 10.4. The molecule has 0 bridgehead atoms. The molecule has 0 aromatic heterocycles. The van der Waals surface area contributed by atoms with Crippen molar-refractivity contribution in [3.05, 3.63) is 34.9 Å². The number of carbonyl (C=O) groups is 2. The Balaban J connectivity index is 2.90. The maximum absolute atomic E-state index is 11.9. The predicted octanol–water partition coefficient (Wildman–Crippen LogP) is 1.69. The zero-order valence-corrected chi connectivity index (χ0v) is 9.04. The summed E-state index contributed by atoms with van der Waals surface area (Å²) in [7, 11) is 0. The number of alkyl halides is 2. The third-order valence-corrected chi connectivity index (χ3v) is 2.00. The lowest BCUT2D eigenvalue weighted by atomic mass is 10.1. The van der Waals surface area contributed by atoms with Crippen molar-refractivity contribution in [2.45, 2.75) is 13.3 Å². The van der Waals surface area contributed by atoms with Crippen molar-refractivity contribution in [2.24, 2.45) is 0 Å². The lowest BCUT2D eigenvalue weighted by Crippen LogP contribution is -2.28. The number of nitrogens with one attached hydrogen (secondary N) is 1. The number of aromatic carboxylic acids is 1. The first-order valence-corrected chi connectivity index (χ1v) is 4.81. The van der Waals surface area contributed by atoms with Gasteiger partial charge in [-0.15, -0.1) is 0 Å². The Morgan fingerprint density at radius 1 is 1.29 bits per heavy atom. The van der Waals surface area contributed by atoms with Crippen molar-refractivity contribution in [3.8, 4) is 0 Å². The van der Waals surface area contributed by atoms with E-state index in [-0.39, 0.29) is 11.1 Å². The SMILES string of the molecule is Cc1cc(C(=O)O)cc(C(=O)NCC(F)F)c1. The van der Waals surface area contributed by atoms with E-state index in [1.807, 2.05) is 5.32 Å². The van der Waals surface area contributed by atoms with Gasteiger partial charge in [0.25, 0.3) is 12.3 Å². The molecule has 1 amide bonds. The van der Waals surface area contributed by atoms with Crippen molar-refractivity contribution < 1.29 is 23.5 Å². The highest BCUT2D eigenvalue weighted by Gasteiger charge is 2.12. The second-order valence-corrected chi connectivity index (χ2v) is 3.49. The van der Waals surface area contributed by atoms with Gasteiger partial charge in [-0.3, -0.25) is 4.79 Å². The van der Waals surface area contributed by atoms with E-state index in [2.05, 4.69) is 0 Å². The molecule has 0 spiro atoms. The second kappa shape index (κ2) is 5.38. The number of aryl methyl sites for hydroxylation is 1. The van der Waals surface area contributed by atoms with Crippen LogP contribution in [0.2, 0.25) is 0 Å². The summed E-state index contributed by atoms with van der Waals surface area (Å²) in [4.78, 5) is 22.2. The van der Waals surface area contributed by atoms with Crippen LogP contribution in [0.1, 0.15) is 26.3 Å². The molecule has 2 N–H and O–H groups in total. The molecule has 92 valence electrons. The van der Waals surface area contributed by atoms with Crippen LogP contribution in [0.25, 0.3) is 0 Å². The molecule has 1 aromatic rings. The molecule has 0 aliphatic rings. The number of amides is 1. The molecule has 0 saturated carbocycles. The molecule has 17 heavy (non-hydrogen) atoms. The summed E-state index contributed by atoms with van der Waals surface area (Å²) in [5.74, 6) is -1.88. The maximum Gasteiger partial charge on any atom is 0.335 e. The first-order chi connectivity index (χ1) is 7.90. The first-order valence-electron chi connectivity index (χ1n) is 4.81. The standard InChI is InChI=1S/C11H11F2NO3/c1-6-2-7(4-8(3-6)11(16)17)10(15)14-5-9(12)13/h2-4,9H,5H2,1H3,(H,14,15)(H,16,17). The molecule has 0 heterocycles. The van der Waals surface area contributed by atoms with E-state index < -0.39 is 24.8 Å². The number of halogens is 2. The summed E-state index contributed by atoms with van der Waals surface area (Å²) < 4.78 is 23.8. The van der Waals surface area contributed by atoms with Gasteiger partial charge in [-0.1, -0.05) is 0 Å². The Labute approximate surface area is 96.3 Å². The van der Waals surface area contributed by atoms with E-state index in [4.69, 9.17) is 5.11 Å².